The molecule has 0 aromatic carbocycles. The number of ether oxygens (including phenoxy) is 1. The molecule has 0 bridgehead atoms. The Morgan fingerprint density at radius 3 is 2.83 bits per heavy atom. The monoisotopic (exact) mass is 344 g/mol. The average Bonchev–Trinajstić information content (AvgIpc) is 3.22. The van der Waals surface area contributed by atoms with Gasteiger partial charge in [-0.2, -0.15) is 0 Å². The summed E-state index contributed by atoms with van der Waals surface area (Å²) in [4.78, 5) is 31.4. The van der Waals surface area contributed by atoms with Crippen LogP contribution in [0.2, 0.25) is 0 Å². The van der Waals surface area contributed by atoms with Crippen LogP contribution in [0.25, 0.3) is 0 Å². The quantitative estimate of drug-likeness (QED) is 0.814. The van der Waals surface area contributed by atoms with Crippen LogP contribution in [-0.2, 0) is 9.53 Å². The van der Waals surface area contributed by atoms with Gasteiger partial charge in [-0.15, -0.1) is 11.3 Å². The number of aliphatic hydroxyl groups is 1. The maximum Gasteiger partial charge on any atom is 0.290 e. The molecule has 6 nitrogen and oxygen atoms in total. The number of aliphatic hydroxyl groups excluding tert-OH is 1. The van der Waals surface area contributed by atoms with Crippen molar-refractivity contribution in [1.82, 2.24) is 9.88 Å². The number of methoxy groups -OCH3 is 1. The molecule has 0 saturated heterocycles. The van der Waals surface area contributed by atoms with Gasteiger partial charge >= 0.3 is 0 Å². The normalized spacial score (nSPS) is 17.6. The average molecular weight is 344 g/mol. The molecule has 0 fully saturated rings. The molecule has 1 amide bonds. The van der Waals surface area contributed by atoms with Gasteiger partial charge in [0.15, 0.2) is 5.76 Å². The third-order valence-corrected chi connectivity index (χ3v) is 4.67. The summed E-state index contributed by atoms with van der Waals surface area (Å²) in [5.74, 6) is -1.45. The Labute approximate surface area is 143 Å². The molecular weight excluding hydrogens is 328 g/mol. The van der Waals surface area contributed by atoms with Gasteiger partial charge in [-0.3, -0.25) is 14.6 Å². The maximum atomic E-state index is 12.8. The Morgan fingerprint density at radius 2 is 2.21 bits per heavy atom. The fourth-order valence-electron chi connectivity index (χ4n) is 2.69. The molecule has 124 valence electrons. The minimum atomic E-state index is -0.719. The summed E-state index contributed by atoms with van der Waals surface area (Å²) in [6.45, 7) is 0.546. The Morgan fingerprint density at radius 1 is 1.38 bits per heavy atom. The van der Waals surface area contributed by atoms with Crippen molar-refractivity contribution >= 4 is 23.0 Å². The van der Waals surface area contributed by atoms with Crippen molar-refractivity contribution in [2.45, 2.75) is 6.04 Å². The van der Waals surface area contributed by atoms with Crippen LogP contribution >= 0.6 is 11.3 Å². The van der Waals surface area contributed by atoms with Crippen LogP contribution in [-0.4, -0.2) is 46.9 Å². The number of Topliss-reactive ketones (excluding diaryl/α,β-unsaturated/α-hetero) is 1. The van der Waals surface area contributed by atoms with E-state index in [0.29, 0.717) is 17.2 Å². The Balaban J connectivity index is 2.06. The number of hydrogen-bond acceptors (Lipinski definition) is 6. The van der Waals surface area contributed by atoms with Gasteiger partial charge in [0, 0.05) is 19.9 Å². The van der Waals surface area contributed by atoms with Crippen molar-refractivity contribution in [2.75, 3.05) is 20.3 Å². The molecule has 7 heteroatoms. The fraction of sp³-hybridized carbons (Fsp3) is 0.235. The number of carbonyl (C=O) groups is 2. The number of carbonyl (C=O) groups excluding carboxylic acids is 2. The molecule has 24 heavy (non-hydrogen) atoms. The molecule has 0 spiro atoms. The molecule has 0 aliphatic carbocycles. The predicted octanol–water partition coefficient (Wildman–Crippen LogP) is 2.37. The third-order valence-electron chi connectivity index (χ3n) is 3.80. The van der Waals surface area contributed by atoms with Gasteiger partial charge in [0.1, 0.15) is 6.04 Å². The number of aromatic nitrogens is 1. The predicted molar refractivity (Wildman–Crippen MR) is 88.9 cm³/mol. The van der Waals surface area contributed by atoms with Crippen molar-refractivity contribution in [3.63, 3.8) is 0 Å². The highest BCUT2D eigenvalue weighted by molar-refractivity contribution is 7.12. The lowest BCUT2D eigenvalue weighted by Gasteiger charge is -2.25. The number of thiophene rings is 1. The van der Waals surface area contributed by atoms with Crippen LogP contribution in [0.4, 0.5) is 0 Å². The van der Waals surface area contributed by atoms with Crippen LogP contribution < -0.4 is 0 Å². The second-order valence-corrected chi connectivity index (χ2v) is 6.16. The minimum absolute atomic E-state index is 0.0669. The van der Waals surface area contributed by atoms with Crippen LogP contribution in [0, 0.1) is 0 Å². The van der Waals surface area contributed by atoms with E-state index in [-0.39, 0.29) is 17.9 Å². The van der Waals surface area contributed by atoms with E-state index in [4.69, 9.17) is 4.74 Å². The van der Waals surface area contributed by atoms with Gasteiger partial charge in [-0.25, -0.2) is 0 Å². The van der Waals surface area contributed by atoms with Crippen LogP contribution in [0.1, 0.15) is 21.4 Å². The smallest absolute Gasteiger partial charge is 0.290 e. The molecule has 2 aromatic heterocycles. The Kier molecular flexibility index (Phi) is 4.73. The highest BCUT2D eigenvalue weighted by Crippen LogP contribution is 2.38. The van der Waals surface area contributed by atoms with Gasteiger partial charge < -0.3 is 14.7 Å². The van der Waals surface area contributed by atoms with E-state index >= 15 is 0 Å². The second kappa shape index (κ2) is 6.94. The molecule has 1 unspecified atom stereocenters. The number of hydrogen-bond donors (Lipinski definition) is 1. The first-order chi connectivity index (χ1) is 11.6. The molecular formula is C17H16N2O4S. The summed E-state index contributed by atoms with van der Waals surface area (Å²) in [5.41, 5.74) is 0.600. The van der Waals surface area contributed by atoms with E-state index in [1.54, 1.807) is 41.9 Å². The lowest BCUT2D eigenvalue weighted by Crippen LogP contribution is -2.34. The van der Waals surface area contributed by atoms with E-state index < -0.39 is 17.7 Å². The minimum Gasteiger partial charge on any atom is -0.503 e. The molecule has 0 saturated carbocycles. The summed E-state index contributed by atoms with van der Waals surface area (Å²) in [6, 6.07) is 7.98. The van der Waals surface area contributed by atoms with Crippen molar-refractivity contribution in [1.29, 1.82) is 0 Å². The summed E-state index contributed by atoms with van der Waals surface area (Å²) >= 11 is 1.27. The summed E-state index contributed by atoms with van der Waals surface area (Å²) in [6.07, 6.45) is 1.59. The first-order valence-electron chi connectivity index (χ1n) is 7.37. The van der Waals surface area contributed by atoms with E-state index in [1.165, 1.54) is 23.3 Å². The van der Waals surface area contributed by atoms with E-state index in [9.17, 15) is 14.7 Å². The highest BCUT2D eigenvalue weighted by Gasteiger charge is 2.44. The van der Waals surface area contributed by atoms with Gasteiger partial charge in [0.25, 0.3) is 5.91 Å². The lowest BCUT2D eigenvalue weighted by molar-refractivity contribution is -0.130. The first kappa shape index (κ1) is 16.4. The number of rotatable bonds is 6. The molecule has 1 atom stereocenters. The molecule has 1 N–H and O–H groups in total. The topological polar surface area (TPSA) is 79.7 Å². The summed E-state index contributed by atoms with van der Waals surface area (Å²) in [5, 5.41) is 12.1. The maximum absolute atomic E-state index is 12.8. The van der Waals surface area contributed by atoms with Gasteiger partial charge in [-0.05, 0) is 23.6 Å². The zero-order valence-electron chi connectivity index (χ0n) is 13.0. The van der Waals surface area contributed by atoms with Gasteiger partial charge in [-0.1, -0.05) is 12.1 Å². The summed E-state index contributed by atoms with van der Waals surface area (Å²) in [7, 11) is 1.53. The van der Waals surface area contributed by atoms with Gasteiger partial charge in [0.05, 0.1) is 22.8 Å². The Hall–Kier alpha value is -2.51. The fourth-order valence-corrected chi connectivity index (χ4v) is 3.37. The number of nitrogens with zero attached hydrogens (tertiary/aromatic N) is 2. The zero-order valence-corrected chi connectivity index (χ0v) is 13.8. The van der Waals surface area contributed by atoms with Crippen molar-refractivity contribution in [2.24, 2.45) is 0 Å². The second-order valence-electron chi connectivity index (χ2n) is 5.22. The molecule has 2 aromatic rings. The Bertz CT molecular complexity index is 771. The van der Waals surface area contributed by atoms with Crippen molar-refractivity contribution < 1.29 is 19.4 Å². The molecule has 3 heterocycles. The van der Waals surface area contributed by atoms with E-state index in [1.807, 2.05) is 0 Å². The summed E-state index contributed by atoms with van der Waals surface area (Å²) < 4.78 is 5.04. The van der Waals surface area contributed by atoms with Crippen LogP contribution in [0.15, 0.2) is 53.2 Å². The zero-order chi connectivity index (χ0) is 17.1. The van der Waals surface area contributed by atoms with Crippen LogP contribution in [0.5, 0.6) is 0 Å². The van der Waals surface area contributed by atoms with Crippen molar-refractivity contribution in [3.8, 4) is 0 Å². The molecule has 3 rings (SSSR count). The van der Waals surface area contributed by atoms with E-state index in [2.05, 4.69) is 4.98 Å². The molecule has 0 radical (unpaired) electrons. The third kappa shape index (κ3) is 2.83. The number of amides is 1. The number of ketones is 1. The SMILES string of the molecule is COCCN1C(=O)C(O)=C(C(=O)c2cccs2)C1c1ccccn1. The van der Waals surface area contributed by atoms with Crippen LogP contribution in [0.3, 0.4) is 0 Å². The lowest BCUT2D eigenvalue weighted by atomic mass is 9.99. The largest absolute Gasteiger partial charge is 0.503 e. The number of pyridine rings is 1. The standard InChI is InChI=1S/C17H16N2O4S/c1-23-9-8-19-14(11-5-2-3-7-18-11)13(16(21)17(19)22)15(20)12-6-4-10-24-12/h2-7,10,14,21H,8-9H2,1H3. The van der Waals surface area contributed by atoms with Crippen molar-refractivity contribution in [3.05, 3.63) is 63.8 Å². The molecule has 1 aliphatic heterocycles. The molecule has 1 aliphatic rings. The first-order valence-corrected chi connectivity index (χ1v) is 8.25. The highest BCUT2D eigenvalue weighted by atomic mass is 32.1. The van der Waals surface area contributed by atoms with E-state index in [0.717, 1.165) is 0 Å². The van der Waals surface area contributed by atoms with Gasteiger partial charge in [0.2, 0.25) is 5.78 Å².